The number of benzene rings is 1. The van der Waals surface area contributed by atoms with Gasteiger partial charge in [-0.2, -0.15) is 4.98 Å². The van der Waals surface area contributed by atoms with E-state index in [1.807, 2.05) is 0 Å². The van der Waals surface area contributed by atoms with Crippen LogP contribution in [0.2, 0.25) is 0 Å². The van der Waals surface area contributed by atoms with Crippen molar-refractivity contribution in [1.82, 2.24) is 14.5 Å². The highest BCUT2D eigenvalue weighted by molar-refractivity contribution is 5.77. The predicted octanol–water partition coefficient (Wildman–Crippen LogP) is 4.65. The quantitative estimate of drug-likeness (QED) is 0.730. The molecule has 1 aromatic carbocycles. The number of nitrogens with zero attached hydrogens (tertiary/aromatic N) is 3. The van der Waals surface area contributed by atoms with Crippen molar-refractivity contribution in [3.05, 3.63) is 24.0 Å². The van der Waals surface area contributed by atoms with Gasteiger partial charge in [-0.3, -0.25) is 4.57 Å². The molecule has 0 spiro atoms. The molecule has 1 aliphatic heterocycles. The summed E-state index contributed by atoms with van der Waals surface area (Å²) in [6.45, 7) is 10.7. The molecule has 1 aliphatic rings. The molecule has 3 rings (SSSR count). The minimum absolute atomic E-state index is 0.223. The molecule has 0 unspecified atom stereocenters. The number of likely N-dealkylation sites (tertiary alicyclic amines) is 1. The number of aromatic nitrogens is 2. The number of imidazole rings is 1. The molecule has 4 nitrogen and oxygen atoms in total. The minimum Gasteiger partial charge on any atom is -0.464 e. The van der Waals surface area contributed by atoms with Crippen molar-refractivity contribution in [2.24, 2.45) is 5.92 Å². The second-order valence-corrected chi connectivity index (χ2v) is 7.44. The van der Waals surface area contributed by atoms with Crippen LogP contribution in [0, 0.1) is 11.7 Å². The average Bonchev–Trinajstić information content (AvgIpc) is 2.96. The number of hydrogen-bond donors (Lipinski definition) is 0. The first-order valence-electron chi connectivity index (χ1n) is 9.61. The summed E-state index contributed by atoms with van der Waals surface area (Å²) >= 11 is 0. The number of piperidine rings is 1. The molecular weight excluding hydrogens is 317 g/mol. The second kappa shape index (κ2) is 8.17. The van der Waals surface area contributed by atoms with Crippen molar-refractivity contribution in [1.29, 1.82) is 0 Å². The lowest BCUT2D eigenvalue weighted by molar-refractivity contribution is 0.132. The van der Waals surface area contributed by atoms with E-state index in [2.05, 4.69) is 35.2 Å². The Bertz CT molecular complexity index is 690. The molecule has 0 atom stereocenters. The average molecular weight is 347 g/mol. The Morgan fingerprint density at radius 2 is 2.04 bits per heavy atom. The fourth-order valence-corrected chi connectivity index (χ4v) is 3.60. The van der Waals surface area contributed by atoms with Gasteiger partial charge in [-0.15, -0.1) is 0 Å². The number of rotatable bonds is 7. The zero-order valence-electron chi connectivity index (χ0n) is 15.7. The van der Waals surface area contributed by atoms with Gasteiger partial charge < -0.3 is 9.64 Å². The summed E-state index contributed by atoms with van der Waals surface area (Å²) in [5.74, 6) is 0.321. The maximum Gasteiger partial charge on any atom is 0.297 e. The van der Waals surface area contributed by atoms with Crippen LogP contribution in [0.15, 0.2) is 18.2 Å². The van der Waals surface area contributed by atoms with E-state index >= 15 is 0 Å². The molecule has 0 bridgehead atoms. The Hall–Kier alpha value is -1.62. The fourth-order valence-electron chi connectivity index (χ4n) is 3.60. The van der Waals surface area contributed by atoms with Gasteiger partial charge in [-0.05, 0) is 70.8 Å². The topological polar surface area (TPSA) is 30.3 Å². The Labute approximate surface area is 150 Å². The predicted molar refractivity (Wildman–Crippen MR) is 99.6 cm³/mol. The van der Waals surface area contributed by atoms with Crippen LogP contribution in [0.5, 0.6) is 6.01 Å². The highest BCUT2D eigenvalue weighted by atomic mass is 19.1. The van der Waals surface area contributed by atoms with E-state index in [4.69, 9.17) is 4.74 Å². The first kappa shape index (κ1) is 18.2. The summed E-state index contributed by atoms with van der Waals surface area (Å²) in [6.07, 6.45) is 4.91. The summed E-state index contributed by atoms with van der Waals surface area (Å²) in [5.41, 5.74) is 1.60. The molecule has 0 saturated carbocycles. The molecule has 0 N–H and O–H groups in total. The smallest absolute Gasteiger partial charge is 0.297 e. The van der Waals surface area contributed by atoms with Gasteiger partial charge >= 0.3 is 0 Å². The van der Waals surface area contributed by atoms with E-state index < -0.39 is 0 Å². The van der Waals surface area contributed by atoms with Crippen molar-refractivity contribution in [3.63, 3.8) is 0 Å². The normalized spacial score (nSPS) is 16.8. The fraction of sp³-hybridized carbons (Fsp3) is 0.650. The van der Waals surface area contributed by atoms with Crippen LogP contribution in [0.4, 0.5) is 4.39 Å². The Morgan fingerprint density at radius 1 is 1.28 bits per heavy atom. The maximum absolute atomic E-state index is 13.5. The van der Waals surface area contributed by atoms with E-state index in [-0.39, 0.29) is 11.9 Å². The van der Waals surface area contributed by atoms with Crippen molar-refractivity contribution < 1.29 is 9.13 Å². The van der Waals surface area contributed by atoms with Crippen LogP contribution in [0.25, 0.3) is 11.0 Å². The third kappa shape index (κ3) is 4.32. The van der Waals surface area contributed by atoms with Crippen LogP contribution in [-0.4, -0.2) is 40.7 Å². The molecular formula is C20H30FN3O. The van der Waals surface area contributed by atoms with E-state index in [1.54, 1.807) is 6.07 Å². The van der Waals surface area contributed by atoms with Gasteiger partial charge in [0.15, 0.2) is 0 Å². The molecule has 0 aliphatic carbocycles. The molecule has 5 heteroatoms. The Morgan fingerprint density at radius 3 is 2.72 bits per heavy atom. The maximum atomic E-state index is 13.5. The monoisotopic (exact) mass is 347 g/mol. The first-order chi connectivity index (χ1) is 12.1. The van der Waals surface area contributed by atoms with Gasteiger partial charge in [-0.1, -0.05) is 13.3 Å². The lowest BCUT2D eigenvalue weighted by atomic mass is 9.98. The van der Waals surface area contributed by atoms with Crippen LogP contribution in [0.3, 0.4) is 0 Å². The third-order valence-corrected chi connectivity index (χ3v) is 5.12. The second-order valence-electron chi connectivity index (χ2n) is 7.44. The summed E-state index contributed by atoms with van der Waals surface area (Å²) in [7, 11) is 0. The van der Waals surface area contributed by atoms with E-state index in [0.717, 1.165) is 5.52 Å². The molecule has 138 valence electrons. The van der Waals surface area contributed by atoms with Crippen LogP contribution >= 0.6 is 0 Å². The lowest BCUT2D eigenvalue weighted by Gasteiger charge is -2.31. The summed E-state index contributed by atoms with van der Waals surface area (Å²) in [5, 5.41) is 0. The molecule has 0 amide bonds. The highest BCUT2D eigenvalue weighted by Gasteiger charge is 2.21. The standard InChI is InChI=1S/C20H30FN3O/c1-4-5-10-23-11-8-16(9-12-23)14-25-20-22-18-13-17(21)6-7-19(18)24(20)15(2)3/h6-7,13,15-16H,4-5,8-12,14H2,1-3H3. The SMILES string of the molecule is CCCCN1CCC(COc2nc3cc(F)ccc3n2C(C)C)CC1. The molecule has 1 saturated heterocycles. The molecule has 1 aromatic heterocycles. The van der Waals surface area contributed by atoms with Crippen molar-refractivity contribution in [3.8, 4) is 6.01 Å². The van der Waals surface area contributed by atoms with Gasteiger partial charge in [0, 0.05) is 12.1 Å². The summed E-state index contributed by atoms with van der Waals surface area (Å²) in [6, 6.07) is 5.59. The summed E-state index contributed by atoms with van der Waals surface area (Å²) in [4.78, 5) is 7.09. The number of unbranched alkanes of at least 4 members (excludes halogenated alkanes) is 1. The molecule has 2 aromatic rings. The van der Waals surface area contributed by atoms with Crippen LogP contribution in [-0.2, 0) is 0 Å². The van der Waals surface area contributed by atoms with E-state index in [0.29, 0.717) is 24.1 Å². The van der Waals surface area contributed by atoms with Gasteiger partial charge in [-0.25, -0.2) is 4.39 Å². The van der Waals surface area contributed by atoms with Crippen LogP contribution < -0.4 is 4.74 Å². The van der Waals surface area contributed by atoms with Crippen molar-refractivity contribution in [2.75, 3.05) is 26.2 Å². The molecule has 2 heterocycles. The largest absolute Gasteiger partial charge is 0.464 e. The van der Waals surface area contributed by atoms with Gasteiger partial charge in [0.2, 0.25) is 0 Å². The Balaban J connectivity index is 1.63. The number of fused-ring (bicyclic) bond motifs is 1. The number of hydrogen-bond acceptors (Lipinski definition) is 3. The minimum atomic E-state index is -0.257. The highest BCUT2D eigenvalue weighted by Crippen LogP contribution is 2.27. The molecule has 0 radical (unpaired) electrons. The van der Waals surface area contributed by atoms with Gasteiger partial charge in [0.05, 0.1) is 17.6 Å². The third-order valence-electron chi connectivity index (χ3n) is 5.12. The van der Waals surface area contributed by atoms with Crippen LogP contribution in [0.1, 0.15) is 52.5 Å². The van der Waals surface area contributed by atoms with E-state index in [9.17, 15) is 4.39 Å². The molecule has 1 fully saturated rings. The van der Waals surface area contributed by atoms with Gasteiger partial charge in [0.25, 0.3) is 6.01 Å². The van der Waals surface area contributed by atoms with E-state index in [1.165, 1.54) is 57.5 Å². The lowest BCUT2D eigenvalue weighted by Crippen LogP contribution is -2.36. The first-order valence-corrected chi connectivity index (χ1v) is 9.61. The van der Waals surface area contributed by atoms with Gasteiger partial charge in [0.1, 0.15) is 5.82 Å². The number of ether oxygens (including phenoxy) is 1. The van der Waals surface area contributed by atoms with Crippen molar-refractivity contribution >= 4 is 11.0 Å². The van der Waals surface area contributed by atoms with Crippen molar-refractivity contribution in [2.45, 2.75) is 52.5 Å². The Kier molecular flexibility index (Phi) is 5.94. The zero-order chi connectivity index (χ0) is 17.8. The summed E-state index contributed by atoms with van der Waals surface area (Å²) < 4.78 is 21.6. The number of halogens is 1. The zero-order valence-corrected chi connectivity index (χ0v) is 15.7. The molecule has 25 heavy (non-hydrogen) atoms.